The molecule has 1 aliphatic heterocycles. The van der Waals surface area contributed by atoms with Crippen LogP contribution in [0.3, 0.4) is 0 Å². The van der Waals surface area contributed by atoms with Crippen molar-refractivity contribution in [3.8, 4) is 0 Å². The molecule has 3 atom stereocenters. The van der Waals surface area contributed by atoms with Crippen molar-refractivity contribution in [2.45, 2.75) is 57.3 Å². The number of halogens is 4. The lowest BCUT2D eigenvalue weighted by Gasteiger charge is -2.69. The van der Waals surface area contributed by atoms with E-state index in [9.17, 15) is 37.1 Å². The number of hydrogen-bond donors (Lipinski definition) is 4. The van der Waals surface area contributed by atoms with E-state index in [4.69, 9.17) is 11.6 Å². The molecule has 9 nitrogen and oxygen atoms in total. The van der Waals surface area contributed by atoms with Crippen LogP contribution in [0.15, 0.2) is 18.2 Å². The molecule has 37 heavy (non-hydrogen) atoms. The molecule has 0 aromatic heterocycles. The number of benzene rings is 1. The van der Waals surface area contributed by atoms with Gasteiger partial charge in [0.15, 0.2) is 0 Å². The molecule has 200 valence electrons. The lowest BCUT2D eigenvalue weighted by molar-refractivity contribution is -0.349. The maximum Gasteiger partial charge on any atom is 0.394 e. The molecule has 5 rings (SSSR count). The molecule has 13 heteroatoms. The van der Waals surface area contributed by atoms with Crippen LogP contribution in [0.25, 0.3) is 0 Å². The zero-order chi connectivity index (χ0) is 27.3. The number of carbonyl (C=O) groups excluding carboxylic acids is 5. The van der Waals surface area contributed by atoms with Gasteiger partial charge in [0, 0.05) is 24.0 Å². The third-order valence-corrected chi connectivity index (χ3v) is 7.81. The molecule has 4 amide bonds. The standard InChI is InChI=1S/C24H26ClF3N4O5/c1-11-5-12(18(34)30-11)6-16(17(33)20(36)29-2)31-19(35)14-7-13(25)3-4-15(14)32-21(37)22-8-23(9-22,10-22)24(26,27)28/h3-4,7,11-12,16H,5-6,8-10H2,1-2H3,(H,29,36)(H,30,34)(H,31,35)(H,32,37)/t11-,12+,16+,22?,23?/m1/s1. The molecule has 0 spiro atoms. The van der Waals surface area contributed by atoms with E-state index in [0.29, 0.717) is 6.42 Å². The number of likely N-dealkylation sites (N-methyl/N-ethyl adjacent to an activating group) is 1. The van der Waals surface area contributed by atoms with Gasteiger partial charge in [-0.2, -0.15) is 13.2 Å². The van der Waals surface area contributed by atoms with Gasteiger partial charge in [-0.15, -0.1) is 0 Å². The number of nitrogens with one attached hydrogen (secondary N) is 4. The summed E-state index contributed by atoms with van der Waals surface area (Å²) in [5, 5.41) is 10.0. The fourth-order valence-corrected chi connectivity index (χ4v) is 5.76. The Morgan fingerprint density at radius 3 is 2.38 bits per heavy atom. The Labute approximate surface area is 215 Å². The minimum Gasteiger partial charge on any atom is -0.353 e. The summed E-state index contributed by atoms with van der Waals surface area (Å²) in [6.07, 6.45) is -5.02. The molecular formula is C24H26ClF3N4O5. The van der Waals surface area contributed by atoms with Gasteiger partial charge in [0.2, 0.25) is 17.6 Å². The molecule has 4 fully saturated rings. The fraction of sp³-hybridized carbons (Fsp3) is 0.542. The number of alkyl halides is 3. The normalized spacial score (nSPS) is 28.8. The average Bonchev–Trinajstić information content (AvgIpc) is 3.06. The number of anilines is 1. The van der Waals surface area contributed by atoms with Crippen molar-refractivity contribution in [1.29, 1.82) is 0 Å². The van der Waals surface area contributed by atoms with Crippen LogP contribution in [0.2, 0.25) is 5.02 Å². The molecule has 0 unspecified atom stereocenters. The molecule has 1 saturated heterocycles. The van der Waals surface area contributed by atoms with Crippen LogP contribution in [0.4, 0.5) is 18.9 Å². The van der Waals surface area contributed by atoms with Crippen LogP contribution in [0.5, 0.6) is 0 Å². The summed E-state index contributed by atoms with van der Waals surface area (Å²) in [4.78, 5) is 63.0. The lowest BCUT2D eigenvalue weighted by atomic mass is 9.34. The van der Waals surface area contributed by atoms with Gasteiger partial charge in [0.05, 0.1) is 28.1 Å². The summed E-state index contributed by atoms with van der Waals surface area (Å²) >= 11 is 6.05. The van der Waals surface area contributed by atoms with Crippen molar-refractivity contribution in [2.24, 2.45) is 16.7 Å². The number of carbonyl (C=O) groups is 5. The largest absolute Gasteiger partial charge is 0.394 e. The minimum absolute atomic E-state index is 0.00365. The Hall–Kier alpha value is -3.15. The Kier molecular flexibility index (Phi) is 6.76. The molecule has 4 N–H and O–H groups in total. The second-order valence-electron chi connectivity index (χ2n) is 10.3. The highest BCUT2D eigenvalue weighted by Gasteiger charge is 2.80. The van der Waals surface area contributed by atoms with Crippen LogP contribution in [-0.4, -0.2) is 54.7 Å². The average molecular weight is 543 g/mol. The highest BCUT2D eigenvalue weighted by Crippen LogP contribution is 2.78. The third-order valence-electron chi connectivity index (χ3n) is 7.58. The lowest BCUT2D eigenvalue weighted by Crippen LogP contribution is -2.71. The third kappa shape index (κ3) is 4.78. The molecule has 3 aliphatic carbocycles. The number of amides is 4. The van der Waals surface area contributed by atoms with Crippen LogP contribution in [-0.2, 0) is 19.2 Å². The number of hydrogen-bond acceptors (Lipinski definition) is 5. The Bertz CT molecular complexity index is 1170. The van der Waals surface area contributed by atoms with Gasteiger partial charge < -0.3 is 21.3 Å². The molecule has 1 aromatic rings. The number of ketones is 1. The summed E-state index contributed by atoms with van der Waals surface area (Å²) in [6.45, 7) is 1.79. The maximum atomic E-state index is 13.2. The summed E-state index contributed by atoms with van der Waals surface area (Å²) in [5.41, 5.74) is -3.11. The van der Waals surface area contributed by atoms with Crippen molar-refractivity contribution in [3.05, 3.63) is 28.8 Å². The molecule has 1 heterocycles. The van der Waals surface area contributed by atoms with E-state index < -0.39 is 52.5 Å². The summed E-state index contributed by atoms with van der Waals surface area (Å²) in [6, 6.07) is 2.48. The second-order valence-corrected chi connectivity index (χ2v) is 10.7. The zero-order valence-electron chi connectivity index (χ0n) is 20.1. The van der Waals surface area contributed by atoms with Crippen LogP contribution < -0.4 is 21.3 Å². The maximum absolute atomic E-state index is 13.2. The van der Waals surface area contributed by atoms with Gasteiger partial charge in [0.25, 0.3) is 11.8 Å². The van der Waals surface area contributed by atoms with E-state index in [-0.39, 0.29) is 53.9 Å². The quantitative estimate of drug-likeness (QED) is 0.374. The molecule has 1 aromatic carbocycles. The molecule has 0 radical (unpaired) electrons. The highest BCUT2D eigenvalue weighted by atomic mass is 35.5. The predicted molar refractivity (Wildman–Crippen MR) is 126 cm³/mol. The first-order chi connectivity index (χ1) is 17.2. The van der Waals surface area contributed by atoms with Gasteiger partial charge >= 0.3 is 6.18 Å². The summed E-state index contributed by atoms with van der Waals surface area (Å²) in [7, 11) is 1.25. The molecular weight excluding hydrogens is 517 g/mol. The summed E-state index contributed by atoms with van der Waals surface area (Å²) in [5.74, 6) is -4.32. The number of Topliss-reactive ketones (excluding diaryl/α,β-unsaturated/α-hetero) is 1. The van der Waals surface area contributed by atoms with Crippen LogP contribution in [0, 0.1) is 16.7 Å². The van der Waals surface area contributed by atoms with Crippen LogP contribution >= 0.6 is 11.6 Å². The van der Waals surface area contributed by atoms with Crippen molar-refractivity contribution >= 4 is 46.7 Å². The van der Waals surface area contributed by atoms with Gasteiger partial charge in [-0.1, -0.05) is 11.6 Å². The van der Waals surface area contributed by atoms with E-state index in [1.165, 1.54) is 25.2 Å². The molecule has 3 saturated carbocycles. The van der Waals surface area contributed by atoms with Crippen molar-refractivity contribution in [1.82, 2.24) is 16.0 Å². The second kappa shape index (κ2) is 9.30. The summed E-state index contributed by atoms with van der Waals surface area (Å²) < 4.78 is 39.5. The Morgan fingerprint density at radius 2 is 1.84 bits per heavy atom. The van der Waals surface area contributed by atoms with Gasteiger partial charge in [-0.05, 0) is 57.2 Å². The highest BCUT2D eigenvalue weighted by molar-refractivity contribution is 6.38. The first-order valence-electron chi connectivity index (χ1n) is 11.8. The van der Waals surface area contributed by atoms with E-state index in [0.717, 1.165) is 0 Å². The van der Waals surface area contributed by atoms with Gasteiger partial charge in [0.1, 0.15) is 0 Å². The fourth-order valence-electron chi connectivity index (χ4n) is 5.59. The van der Waals surface area contributed by atoms with Gasteiger partial charge in [-0.3, -0.25) is 24.0 Å². The first-order valence-corrected chi connectivity index (χ1v) is 12.1. The SMILES string of the molecule is CNC(=O)C(=O)[C@H](C[C@@H]1C[C@@H](C)NC1=O)NC(=O)c1cc(Cl)ccc1NC(=O)C12CC(C(F)(F)F)(C1)C2. The molecule has 2 bridgehead atoms. The number of rotatable bonds is 8. The molecule has 4 aliphatic rings. The topological polar surface area (TPSA) is 133 Å². The monoisotopic (exact) mass is 542 g/mol. The Balaban J connectivity index is 1.51. The van der Waals surface area contributed by atoms with Crippen molar-refractivity contribution in [3.63, 3.8) is 0 Å². The van der Waals surface area contributed by atoms with E-state index in [1.807, 2.05) is 0 Å². The minimum atomic E-state index is -4.37. The smallest absolute Gasteiger partial charge is 0.353 e. The van der Waals surface area contributed by atoms with Crippen molar-refractivity contribution < 1.29 is 37.1 Å². The predicted octanol–water partition coefficient (Wildman–Crippen LogP) is 2.34. The zero-order valence-corrected chi connectivity index (χ0v) is 20.8. The van der Waals surface area contributed by atoms with Crippen molar-refractivity contribution in [2.75, 3.05) is 12.4 Å². The first kappa shape index (κ1) is 26.9. The van der Waals surface area contributed by atoms with E-state index in [2.05, 4.69) is 21.3 Å². The van der Waals surface area contributed by atoms with Crippen LogP contribution in [0.1, 0.15) is 49.4 Å². The Morgan fingerprint density at radius 1 is 1.19 bits per heavy atom. The van der Waals surface area contributed by atoms with E-state index >= 15 is 0 Å². The van der Waals surface area contributed by atoms with E-state index in [1.54, 1.807) is 6.92 Å². The van der Waals surface area contributed by atoms with Gasteiger partial charge in [-0.25, -0.2) is 0 Å².